The minimum Gasteiger partial charge on any atom is -0.394 e. The molecule has 24 atom stereocenters. The normalized spacial score (nSPS) is 42.0. The van der Waals surface area contributed by atoms with Gasteiger partial charge in [0, 0.05) is 20.8 Å². The van der Waals surface area contributed by atoms with E-state index < -0.39 is 204 Å². The Morgan fingerprint density at radius 1 is 0.523 bits per heavy atom. The average molecular weight is 954 g/mol. The Kier molecular flexibility index (Phi) is 20.9. The van der Waals surface area contributed by atoms with Crippen LogP contribution in [0.15, 0.2) is 0 Å². The first-order valence-electron chi connectivity index (χ1n) is 20.5. The van der Waals surface area contributed by atoms with Gasteiger partial charge in [0.15, 0.2) is 25.2 Å². The van der Waals surface area contributed by atoms with E-state index in [1.165, 1.54) is 0 Å². The van der Waals surface area contributed by atoms with Crippen LogP contribution in [0.5, 0.6) is 0 Å². The van der Waals surface area contributed by atoms with Crippen molar-refractivity contribution < 1.29 is 129 Å². The molecule has 0 unspecified atom stereocenters. The lowest BCUT2D eigenvalue weighted by molar-refractivity contribution is -0.367. The molecule has 0 saturated carbocycles. The molecule has 378 valence electrons. The molecule has 0 spiro atoms. The molecule has 4 aliphatic rings. The largest absolute Gasteiger partial charge is 0.394 e. The van der Waals surface area contributed by atoms with Gasteiger partial charge in [-0.05, 0) is 0 Å². The molecule has 0 aromatic carbocycles. The second-order valence-electron chi connectivity index (χ2n) is 16.0. The minimum absolute atomic E-state index is 0.778. The summed E-state index contributed by atoms with van der Waals surface area (Å²) in [5, 5.41) is 165. The van der Waals surface area contributed by atoms with E-state index in [-0.39, 0.29) is 0 Å². The molecule has 4 aliphatic heterocycles. The van der Waals surface area contributed by atoms with Gasteiger partial charge >= 0.3 is 0 Å². The van der Waals surface area contributed by atoms with E-state index in [0.717, 1.165) is 20.8 Å². The van der Waals surface area contributed by atoms with Crippen molar-refractivity contribution in [1.29, 1.82) is 0 Å². The van der Waals surface area contributed by atoms with Gasteiger partial charge in [-0.15, -0.1) is 0 Å². The molecule has 0 aromatic rings. The lowest BCUT2D eigenvalue weighted by Crippen LogP contribution is -2.69. The number of carbonyl (C=O) groups excluding carboxylic acids is 3. The second kappa shape index (κ2) is 24.7. The Morgan fingerprint density at radius 3 is 1.55 bits per heavy atom. The Hall–Kier alpha value is -2.51. The van der Waals surface area contributed by atoms with Crippen molar-refractivity contribution in [2.45, 2.75) is 168 Å². The van der Waals surface area contributed by atoms with E-state index in [1.54, 1.807) is 0 Å². The van der Waals surface area contributed by atoms with Crippen molar-refractivity contribution in [1.82, 2.24) is 16.0 Å². The smallest absolute Gasteiger partial charge is 0.217 e. The van der Waals surface area contributed by atoms with Crippen molar-refractivity contribution in [2.75, 3.05) is 39.6 Å². The van der Waals surface area contributed by atoms with Crippen LogP contribution in [0.2, 0.25) is 0 Å². The summed E-state index contributed by atoms with van der Waals surface area (Å²) >= 11 is 0. The summed E-state index contributed by atoms with van der Waals surface area (Å²) in [6.07, 6.45) is -39.5. The predicted molar refractivity (Wildman–Crippen MR) is 204 cm³/mol. The predicted octanol–water partition coefficient (Wildman–Crippen LogP) is -11.9. The number of rotatable bonds is 20. The number of amides is 3. The van der Waals surface area contributed by atoms with E-state index in [1.807, 2.05) is 0 Å². The van der Waals surface area contributed by atoms with E-state index in [0.29, 0.717) is 0 Å². The summed E-state index contributed by atoms with van der Waals surface area (Å²) < 4.78 is 46.0. The molecule has 4 saturated heterocycles. The summed E-state index contributed by atoms with van der Waals surface area (Å²) in [6, 6.07) is -4.87. The zero-order chi connectivity index (χ0) is 48.6. The molecule has 0 bridgehead atoms. The van der Waals surface area contributed by atoms with Gasteiger partial charge in [0.25, 0.3) is 0 Å². The summed E-state index contributed by atoms with van der Waals surface area (Å²) in [5.74, 6) is -2.35. The van der Waals surface area contributed by atoms with Gasteiger partial charge in [-0.25, -0.2) is 0 Å². The molecule has 29 nitrogen and oxygen atoms in total. The number of ether oxygens (including phenoxy) is 8. The van der Waals surface area contributed by atoms with Crippen LogP contribution in [0.3, 0.4) is 0 Å². The third-order valence-corrected chi connectivity index (χ3v) is 11.2. The highest BCUT2D eigenvalue weighted by Gasteiger charge is 2.55. The molecule has 4 heterocycles. The Morgan fingerprint density at radius 2 is 1.03 bits per heavy atom. The zero-order valence-corrected chi connectivity index (χ0v) is 35.3. The number of aliphatic hydroxyl groups excluding tert-OH is 15. The number of hydrogen-bond acceptors (Lipinski definition) is 26. The highest BCUT2D eigenvalue weighted by atomic mass is 16.8. The molecule has 18 N–H and O–H groups in total. The summed E-state index contributed by atoms with van der Waals surface area (Å²) in [4.78, 5) is 36.6. The number of hydrogen-bond donors (Lipinski definition) is 18. The average Bonchev–Trinajstić information content (AvgIpc) is 3.26. The first-order chi connectivity index (χ1) is 30.6. The molecule has 4 fully saturated rings. The molecule has 3 amide bonds. The summed E-state index contributed by atoms with van der Waals surface area (Å²) in [6.45, 7) is -2.57. The van der Waals surface area contributed by atoms with Gasteiger partial charge in [-0.1, -0.05) is 0 Å². The first kappa shape index (κ1) is 55.1. The van der Waals surface area contributed by atoms with Gasteiger partial charge in [0.1, 0.15) is 116 Å². The topological polar surface area (TPSA) is 465 Å². The van der Waals surface area contributed by atoms with Crippen molar-refractivity contribution in [3.8, 4) is 0 Å². The SMILES string of the molecule is CC(=O)N[C@H]1[C@H](OC[C@H]2O[C@@H](O[C@@H]([C@@H](O)[C@H](O)CO)[C@H](CO)NC(C)=O)[C@H](O)[C@@H](O[C@@H]3O[C@H](CO)[C@@H](O)[C@H](O)[C@H]3NC(C)=O)[C@H]2O)O[C@H](CO)[C@@H](O[C@@H]2O[C@H](CO)[C@H](O)[C@H](O)[C@H]2O)[C@@H]1O. The summed E-state index contributed by atoms with van der Waals surface area (Å²) in [5.41, 5.74) is 0. The third-order valence-electron chi connectivity index (χ3n) is 11.2. The van der Waals surface area contributed by atoms with E-state index in [4.69, 9.17) is 37.9 Å². The van der Waals surface area contributed by atoms with E-state index >= 15 is 0 Å². The van der Waals surface area contributed by atoms with Gasteiger partial charge in [0.2, 0.25) is 17.7 Å². The number of carbonyl (C=O) groups is 3. The minimum atomic E-state index is -2.23. The molecule has 4 rings (SSSR count). The first-order valence-corrected chi connectivity index (χ1v) is 20.5. The van der Waals surface area contributed by atoms with Crippen molar-refractivity contribution in [3.05, 3.63) is 0 Å². The molecule has 29 heteroatoms. The second-order valence-corrected chi connectivity index (χ2v) is 16.0. The van der Waals surface area contributed by atoms with Gasteiger partial charge in [0.05, 0.1) is 45.7 Å². The fraction of sp³-hybridized carbons (Fsp3) is 0.917. The molecule has 0 aromatic heterocycles. The lowest BCUT2D eigenvalue weighted by Gasteiger charge is -2.49. The monoisotopic (exact) mass is 953 g/mol. The zero-order valence-electron chi connectivity index (χ0n) is 35.3. The van der Waals surface area contributed by atoms with Gasteiger partial charge in [-0.2, -0.15) is 0 Å². The maximum Gasteiger partial charge on any atom is 0.217 e. The van der Waals surface area contributed by atoms with Crippen molar-refractivity contribution in [3.63, 3.8) is 0 Å². The highest BCUT2D eigenvalue weighted by molar-refractivity contribution is 5.74. The van der Waals surface area contributed by atoms with Crippen LogP contribution in [-0.4, -0.2) is 281 Å². The molecule has 0 aliphatic carbocycles. The standard InChI is InChI=1S/C36H63N3O26/c1-10(45)37-13(4-40)30(21(49)14(48)5-41)63-36-29(57)32(65-34-19(38-11(2)46)25(53)22(50)15(6-42)59-34)24(52)18(62-36)9-58-33-20(39-12(3)47)26(54)31(17(8-44)61-33)64-35-28(56)27(55)23(51)16(7-43)60-35/h13-36,40-44,48-57H,4-9H2,1-3H3,(H,37,45)(H,38,46)(H,39,47)/t13-,14+,15+,16+,17+,18+,19+,20+,21-,22+,23-,24-,25+,26+,27-,28+,29+,30+,31+,32-,33+,34-,35-,36-/m0/s1. The fourth-order valence-corrected chi connectivity index (χ4v) is 7.73. The Labute approximate surface area is 369 Å². The maximum absolute atomic E-state index is 12.4. The third kappa shape index (κ3) is 13.2. The number of nitrogens with one attached hydrogen (secondary N) is 3. The molecule has 65 heavy (non-hydrogen) atoms. The van der Waals surface area contributed by atoms with Gasteiger partial charge < -0.3 is 130 Å². The van der Waals surface area contributed by atoms with E-state index in [2.05, 4.69) is 16.0 Å². The van der Waals surface area contributed by atoms with E-state index in [9.17, 15) is 91.0 Å². The van der Waals surface area contributed by atoms with Crippen LogP contribution in [0.1, 0.15) is 20.8 Å². The molecular formula is C36H63N3O26. The van der Waals surface area contributed by atoms with Gasteiger partial charge in [-0.3, -0.25) is 14.4 Å². The fourth-order valence-electron chi connectivity index (χ4n) is 7.73. The van der Waals surface area contributed by atoms with Crippen LogP contribution in [0.4, 0.5) is 0 Å². The highest BCUT2D eigenvalue weighted by Crippen LogP contribution is 2.34. The van der Waals surface area contributed by atoms with Crippen LogP contribution in [-0.2, 0) is 52.3 Å². The number of aliphatic hydroxyl groups is 15. The summed E-state index contributed by atoms with van der Waals surface area (Å²) in [7, 11) is 0. The van der Waals surface area contributed by atoms with Crippen LogP contribution < -0.4 is 16.0 Å². The quantitative estimate of drug-likeness (QED) is 0.0539. The Balaban J connectivity index is 1.69. The van der Waals surface area contributed by atoms with Crippen molar-refractivity contribution in [2.24, 2.45) is 0 Å². The van der Waals surface area contributed by atoms with Crippen LogP contribution >= 0.6 is 0 Å². The molecule has 0 radical (unpaired) electrons. The molecular weight excluding hydrogens is 890 g/mol. The van der Waals surface area contributed by atoms with Crippen LogP contribution in [0.25, 0.3) is 0 Å². The van der Waals surface area contributed by atoms with Crippen LogP contribution in [0, 0.1) is 0 Å². The maximum atomic E-state index is 12.4. The lowest BCUT2D eigenvalue weighted by atomic mass is 9.94. The Bertz CT molecular complexity index is 1510. The van der Waals surface area contributed by atoms with Crippen molar-refractivity contribution >= 4 is 17.7 Å².